The lowest BCUT2D eigenvalue weighted by Gasteiger charge is -2.11. The lowest BCUT2D eigenvalue weighted by atomic mass is 10.2. The molecule has 1 amide bonds. The van der Waals surface area contributed by atoms with Gasteiger partial charge in [0.25, 0.3) is 5.91 Å². The normalized spacial score (nSPS) is 19.5. The maximum atomic E-state index is 12.0. The minimum Gasteiger partial charge on any atom is -0.397 e. The number of nitrogens with zero attached hydrogens (tertiary/aromatic N) is 1. The summed E-state index contributed by atoms with van der Waals surface area (Å²) in [5.41, 5.74) is 6.92. The van der Waals surface area contributed by atoms with E-state index in [9.17, 15) is 4.79 Å². The van der Waals surface area contributed by atoms with Crippen LogP contribution >= 0.6 is 0 Å². The van der Waals surface area contributed by atoms with Crippen molar-refractivity contribution in [2.75, 3.05) is 18.9 Å². The molecule has 1 aliphatic rings. The van der Waals surface area contributed by atoms with E-state index in [1.54, 1.807) is 12.3 Å². The maximum absolute atomic E-state index is 12.0. The second kappa shape index (κ2) is 5.23. The molecule has 0 aliphatic carbocycles. The van der Waals surface area contributed by atoms with Gasteiger partial charge in [-0.25, -0.2) is 0 Å². The Morgan fingerprint density at radius 1 is 1.71 bits per heavy atom. The third-order valence-corrected chi connectivity index (χ3v) is 3.01. The third kappa shape index (κ3) is 2.79. The van der Waals surface area contributed by atoms with Crippen LogP contribution in [0.5, 0.6) is 0 Å². The molecule has 3 N–H and O–H groups in total. The summed E-state index contributed by atoms with van der Waals surface area (Å²) in [5.74, 6) is -0.0842. The summed E-state index contributed by atoms with van der Waals surface area (Å²) in [6.07, 6.45) is 4.05. The highest BCUT2D eigenvalue weighted by Gasteiger charge is 2.18. The minimum atomic E-state index is -0.0842. The molecule has 0 aromatic carbocycles. The number of carbonyl (C=O) groups excluding carboxylic acids is 1. The Hall–Kier alpha value is -1.49. The molecule has 1 aliphatic heterocycles. The zero-order valence-corrected chi connectivity index (χ0v) is 10.1. The number of ether oxygens (including phenoxy) is 1. The number of aryl methyl sites for hydroxylation is 1. The molecule has 1 atom stereocenters. The number of hydrogen-bond donors (Lipinski definition) is 2. The number of nitrogen functional groups attached to an aromatic ring is 1. The number of nitrogens with one attached hydrogen (secondary N) is 1. The van der Waals surface area contributed by atoms with Gasteiger partial charge in [-0.2, -0.15) is 0 Å². The van der Waals surface area contributed by atoms with Crippen molar-refractivity contribution in [1.82, 2.24) is 9.88 Å². The highest BCUT2D eigenvalue weighted by atomic mass is 16.5. The highest BCUT2D eigenvalue weighted by molar-refractivity contribution is 5.93. The van der Waals surface area contributed by atoms with Gasteiger partial charge in [-0.05, 0) is 25.8 Å². The molecule has 1 fully saturated rings. The molecule has 0 radical (unpaired) electrons. The second-order valence-electron chi connectivity index (χ2n) is 4.29. The first-order valence-corrected chi connectivity index (χ1v) is 6.06. The summed E-state index contributed by atoms with van der Waals surface area (Å²) in [6, 6.07) is 1.70. The van der Waals surface area contributed by atoms with Crippen LogP contribution in [0.15, 0.2) is 12.3 Å². The van der Waals surface area contributed by atoms with Crippen LogP contribution < -0.4 is 11.1 Å². The number of nitrogens with two attached hydrogens (primary N) is 1. The Bertz CT molecular complexity index is 394. The zero-order chi connectivity index (χ0) is 12.3. The van der Waals surface area contributed by atoms with Crippen molar-refractivity contribution < 1.29 is 9.53 Å². The standard InChI is InChI=1S/C12H19N3O2/c1-2-15-8-9(13)6-11(15)12(16)14-7-10-4-3-5-17-10/h6,8,10H,2-5,7,13H2,1H3,(H,14,16). The van der Waals surface area contributed by atoms with Crippen molar-refractivity contribution in [3.05, 3.63) is 18.0 Å². The first-order chi connectivity index (χ1) is 8.20. The minimum absolute atomic E-state index is 0.0842. The van der Waals surface area contributed by atoms with Crippen molar-refractivity contribution in [1.29, 1.82) is 0 Å². The van der Waals surface area contributed by atoms with Crippen LogP contribution in [0.3, 0.4) is 0 Å². The molecule has 2 heterocycles. The Labute approximate surface area is 101 Å². The van der Waals surface area contributed by atoms with E-state index in [1.165, 1.54) is 0 Å². The smallest absolute Gasteiger partial charge is 0.268 e. The summed E-state index contributed by atoms with van der Waals surface area (Å²) in [7, 11) is 0. The SMILES string of the molecule is CCn1cc(N)cc1C(=O)NCC1CCCO1. The van der Waals surface area contributed by atoms with Crippen LogP contribution in [0.4, 0.5) is 5.69 Å². The fourth-order valence-corrected chi connectivity index (χ4v) is 2.09. The van der Waals surface area contributed by atoms with Crippen LogP contribution in [-0.4, -0.2) is 29.7 Å². The number of anilines is 1. The van der Waals surface area contributed by atoms with Gasteiger partial charge < -0.3 is 20.4 Å². The average Bonchev–Trinajstić information content (AvgIpc) is 2.94. The van der Waals surface area contributed by atoms with E-state index in [2.05, 4.69) is 5.32 Å². The highest BCUT2D eigenvalue weighted by Crippen LogP contribution is 2.12. The Balaban J connectivity index is 1.93. The van der Waals surface area contributed by atoms with E-state index >= 15 is 0 Å². The van der Waals surface area contributed by atoms with E-state index in [0.29, 0.717) is 17.9 Å². The summed E-state index contributed by atoms with van der Waals surface area (Å²) in [5, 5.41) is 2.89. The molecule has 17 heavy (non-hydrogen) atoms. The predicted molar refractivity (Wildman–Crippen MR) is 65.8 cm³/mol. The average molecular weight is 237 g/mol. The van der Waals surface area contributed by atoms with Gasteiger partial charge in [0.2, 0.25) is 0 Å². The largest absolute Gasteiger partial charge is 0.397 e. The molecule has 1 aromatic heterocycles. The molecule has 0 saturated carbocycles. The molecule has 5 nitrogen and oxygen atoms in total. The van der Waals surface area contributed by atoms with Crippen LogP contribution in [0.1, 0.15) is 30.3 Å². The summed E-state index contributed by atoms with van der Waals surface area (Å²) < 4.78 is 7.30. The third-order valence-electron chi connectivity index (χ3n) is 3.01. The van der Waals surface area contributed by atoms with Crippen LogP contribution in [0.2, 0.25) is 0 Å². The van der Waals surface area contributed by atoms with Gasteiger partial charge in [0.1, 0.15) is 5.69 Å². The van der Waals surface area contributed by atoms with Crippen molar-refractivity contribution in [3.63, 3.8) is 0 Å². The van der Waals surface area contributed by atoms with E-state index in [4.69, 9.17) is 10.5 Å². The molecule has 1 unspecified atom stereocenters. The topological polar surface area (TPSA) is 69.3 Å². The fraction of sp³-hybridized carbons (Fsp3) is 0.583. The van der Waals surface area contributed by atoms with Gasteiger partial charge in [0.15, 0.2) is 0 Å². The number of carbonyl (C=O) groups is 1. The number of hydrogen-bond acceptors (Lipinski definition) is 3. The molecule has 1 saturated heterocycles. The Morgan fingerprint density at radius 2 is 2.53 bits per heavy atom. The summed E-state index contributed by atoms with van der Waals surface area (Å²) in [6.45, 7) is 4.10. The van der Waals surface area contributed by atoms with Crippen LogP contribution in [-0.2, 0) is 11.3 Å². The fourth-order valence-electron chi connectivity index (χ4n) is 2.09. The first kappa shape index (κ1) is 12.0. The van der Waals surface area contributed by atoms with Gasteiger partial charge in [0.05, 0.1) is 11.8 Å². The molecule has 5 heteroatoms. The Morgan fingerprint density at radius 3 is 3.18 bits per heavy atom. The molecule has 94 valence electrons. The quantitative estimate of drug-likeness (QED) is 0.820. The number of aromatic nitrogens is 1. The lowest BCUT2D eigenvalue weighted by Crippen LogP contribution is -2.32. The van der Waals surface area contributed by atoms with Crippen molar-refractivity contribution in [2.45, 2.75) is 32.4 Å². The van der Waals surface area contributed by atoms with Gasteiger partial charge in [-0.3, -0.25) is 4.79 Å². The predicted octanol–water partition coefficient (Wildman–Crippen LogP) is 0.999. The summed E-state index contributed by atoms with van der Waals surface area (Å²) in [4.78, 5) is 12.0. The van der Waals surface area contributed by atoms with Crippen molar-refractivity contribution >= 4 is 11.6 Å². The monoisotopic (exact) mass is 237 g/mol. The zero-order valence-electron chi connectivity index (χ0n) is 10.1. The van der Waals surface area contributed by atoms with Crippen LogP contribution in [0.25, 0.3) is 0 Å². The molecular weight excluding hydrogens is 218 g/mol. The van der Waals surface area contributed by atoms with Crippen molar-refractivity contribution in [3.8, 4) is 0 Å². The summed E-state index contributed by atoms with van der Waals surface area (Å²) >= 11 is 0. The van der Waals surface area contributed by atoms with E-state index < -0.39 is 0 Å². The van der Waals surface area contributed by atoms with Gasteiger partial charge in [0, 0.05) is 25.9 Å². The van der Waals surface area contributed by atoms with E-state index in [1.807, 2.05) is 11.5 Å². The van der Waals surface area contributed by atoms with Gasteiger partial charge in [-0.1, -0.05) is 0 Å². The van der Waals surface area contributed by atoms with E-state index in [0.717, 1.165) is 26.0 Å². The number of rotatable bonds is 4. The van der Waals surface area contributed by atoms with Crippen molar-refractivity contribution in [2.24, 2.45) is 0 Å². The van der Waals surface area contributed by atoms with Gasteiger partial charge in [-0.15, -0.1) is 0 Å². The lowest BCUT2D eigenvalue weighted by molar-refractivity contribution is 0.0850. The second-order valence-corrected chi connectivity index (χ2v) is 4.29. The first-order valence-electron chi connectivity index (χ1n) is 6.06. The molecular formula is C12H19N3O2. The number of amides is 1. The molecule has 1 aromatic rings. The van der Waals surface area contributed by atoms with Gasteiger partial charge >= 0.3 is 0 Å². The molecule has 0 bridgehead atoms. The Kier molecular flexibility index (Phi) is 3.68. The molecule has 2 rings (SSSR count). The molecule has 0 spiro atoms. The maximum Gasteiger partial charge on any atom is 0.268 e. The van der Waals surface area contributed by atoms with Crippen LogP contribution in [0, 0.1) is 0 Å². The van der Waals surface area contributed by atoms with E-state index in [-0.39, 0.29) is 12.0 Å².